The minimum Gasteiger partial charge on any atom is -0.439 e. The van der Waals surface area contributed by atoms with E-state index in [0.717, 1.165) is 32.1 Å². The summed E-state index contributed by atoms with van der Waals surface area (Å²) >= 11 is 0. The van der Waals surface area contributed by atoms with Crippen LogP contribution in [0, 0.1) is 0 Å². The van der Waals surface area contributed by atoms with Gasteiger partial charge in [0.1, 0.15) is 0 Å². The molecule has 112 valence electrons. The topological polar surface area (TPSA) is 71.1 Å². The second-order valence-electron chi connectivity index (χ2n) is 4.09. The molecular formula is C13H24O6. The first-order chi connectivity index (χ1) is 9.13. The molecule has 0 bridgehead atoms. The minimum absolute atomic E-state index is 0.0410. The molecule has 0 aliphatic rings. The fourth-order valence-corrected chi connectivity index (χ4v) is 1.31. The number of ether oxygens (including phenoxy) is 4. The van der Waals surface area contributed by atoms with Crippen molar-refractivity contribution in [3.05, 3.63) is 0 Å². The molecule has 0 aromatic heterocycles. The molecule has 0 aliphatic heterocycles. The van der Waals surface area contributed by atoms with E-state index < -0.39 is 0 Å². The maximum Gasteiger partial charge on any atom is 0.304 e. The van der Waals surface area contributed by atoms with Crippen LogP contribution >= 0.6 is 0 Å². The van der Waals surface area contributed by atoms with Crippen molar-refractivity contribution in [3.8, 4) is 0 Å². The van der Waals surface area contributed by atoms with E-state index in [0.29, 0.717) is 13.2 Å². The molecule has 0 amide bonds. The third kappa shape index (κ3) is 16.9. The summed E-state index contributed by atoms with van der Waals surface area (Å²) in [5.41, 5.74) is 0. The van der Waals surface area contributed by atoms with Crippen LogP contribution in [0.15, 0.2) is 0 Å². The van der Waals surface area contributed by atoms with Crippen LogP contribution < -0.4 is 0 Å². The molecule has 0 atom stereocenters. The van der Waals surface area contributed by atoms with E-state index in [1.54, 1.807) is 0 Å². The quantitative estimate of drug-likeness (QED) is 0.308. The van der Waals surface area contributed by atoms with Crippen LogP contribution in [0.2, 0.25) is 0 Å². The Labute approximate surface area is 114 Å². The molecule has 0 spiro atoms. The molecule has 0 rings (SSSR count). The Morgan fingerprint density at radius 3 is 1.42 bits per heavy atom. The van der Waals surface area contributed by atoms with Gasteiger partial charge in [0.15, 0.2) is 13.6 Å². The van der Waals surface area contributed by atoms with E-state index in [4.69, 9.17) is 9.47 Å². The normalized spacial score (nSPS) is 10.2. The van der Waals surface area contributed by atoms with E-state index in [-0.39, 0.29) is 25.5 Å². The van der Waals surface area contributed by atoms with E-state index in [1.807, 2.05) is 0 Å². The lowest BCUT2D eigenvalue weighted by atomic mass is 10.1. The standard InChI is InChI=1S/C13H24O6/c1-12(14)18-10-16-8-6-4-3-5-7-9-17-11-19-13(2)15/h3-11H2,1-2H3. The van der Waals surface area contributed by atoms with Gasteiger partial charge in [-0.2, -0.15) is 0 Å². The third-order valence-corrected chi connectivity index (χ3v) is 2.27. The summed E-state index contributed by atoms with van der Waals surface area (Å²) in [5.74, 6) is -0.650. The Kier molecular flexibility index (Phi) is 12.5. The molecule has 0 aromatic rings. The Balaban J connectivity index is 2.99. The number of carbonyl (C=O) groups excluding carboxylic acids is 2. The summed E-state index contributed by atoms with van der Waals surface area (Å²) in [4.78, 5) is 20.8. The van der Waals surface area contributed by atoms with Crippen molar-refractivity contribution < 1.29 is 28.5 Å². The maximum absolute atomic E-state index is 10.4. The van der Waals surface area contributed by atoms with Gasteiger partial charge in [-0.25, -0.2) is 0 Å². The molecule has 0 saturated carbocycles. The Bertz CT molecular complexity index is 217. The van der Waals surface area contributed by atoms with Crippen molar-refractivity contribution in [2.45, 2.75) is 46.0 Å². The van der Waals surface area contributed by atoms with Crippen molar-refractivity contribution in [3.63, 3.8) is 0 Å². The van der Waals surface area contributed by atoms with Crippen molar-refractivity contribution in [1.82, 2.24) is 0 Å². The monoisotopic (exact) mass is 276 g/mol. The molecule has 0 saturated heterocycles. The van der Waals surface area contributed by atoms with Crippen LogP contribution in [0.5, 0.6) is 0 Å². The zero-order valence-electron chi connectivity index (χ0n) is 11.8. The van der Waals surface area contributed by atoms with Gasteiger partial charge in [0.05, 0.1) is 13.2 Å². The molecule has 6 nitrogen and oxygen atoms in total. The van der Waals surface area contributed by atoms with Gasteiger partial charge in [-0.1, -0.05) is 19.3 Å². The Hall–Kier alpha value is -1.14. The third-order valence-electron chi connectivity index (χ3n) is 2.27. The summed E-state index contributed by atoms with van der Waals surface area (Å²) in [7, 11) is 0. The smallest absolute Gasteiger partial charge is 0.304 e. The lowest BCUT2D eigenvalue weighted by molar-refractivity contribution is -0.154. The average Bonchev–Trinajstić information content (AvgIpc) is 2.34. The first-order valence-corrected chi connectivity index (χ1v) is 6.55. The second-order valence-corrected chi connectivity index (χ2v) is 4.09. The van der Waals surface area contributed by atoms with Gasteiger partial charge in [-0.3, -0.25) is 9.59 Å². The van der Waals surface area contributed by atoms with Gasteiger partial charge in [0.2, 0.25) is 0 Å². The van der Waals surface area contributed by atoms with Crippen LogP contribution in [0.25, 0.3) is 0 Å². The van der Waals surface area contributed by atoms with Crippen LogP contribution in [-0.4, -0.2) is 38.7 Å². The number of rotatable bonds is 12. The Morgan fingerprint density at radius 2 is 1.05 bits per heavy atom. The van der Waals surface area contributed by atoms with E-state index in [9.17, 15) is 9.59 Å². The second kappa shape index (κ2) is 13.3. The highest BCUT2D eigenvalue weighted by Gasteiger charge is 1.95. The molecule has 0 N–H and O–H groups in total. The average molecular weight is 276 g/mol. The number of carbonyl (C=O) groups is 2. The van der Waals surface area contributed by atoms with Crippen molar-refractivity contribution in [1.29, 1.82) is 0 Å². The molecule has 0 aromatic carbocycles. The fourth-order valence-electron chi connectivity index (χ4n) is 1.31. The van der Waals surface area contributed by atoms with Crippen LogP contribution in [0.1, 0.15) is 46.0 Å². The zero-order valence-corrected chi connectivity index (χ0v) is 11.8. The fraction of sp³-hybridized carbons (Fsp3) is 0.846. The molecule has 0 fully saturated rings. The molecular weight excluding hydrogens is 252 g/mol. The predicted molar refractivity (Wildman–Crippen MR) is 68.3 cm³/mol. The summed E-state index contributed by atoms with van der Waals surface area (Å²) in [6.45, 7) is 4.00. The summed E-state index contributed by atoms with van der Waals surface area (Å²) < 4.78 is 19.5. The van der Waals surface area contributed by atoms with Crippen LogP contribution in [0.3, 0.4) is 0 Å². The number of esters is 2. The highest BCUT2D eigenvalue weighted by molar-refractivity contribution is 5.66. The van der Waals surface area contributed by atoms with Crippen LogP contribution in [-0.2, 0) is 28.5 Å². The van der Waals surface area contributed by atoms with Gasteiger partial charge < -0.3 is 18.9 Å². The number of hydrogen-bond acceptors (Lipinski definition) is 6. The van der Waals surface area contributed by atoms with E-state index in [1.165, 1.54) is 13.8 Å². The molecule has 0 heterocycles. The minimum atomic E-state index is -0.325. The van der Waals surface area contributed by atoms with Gasteiger partial charge in [0, 0.05) is 13.8 Å². The van der Waals surface area contributed by atoms with E-state index >= 15 is 0 Å². The predicted octanol–water partition coefficient (Wildman–Crippen LogP) is 2.01. The SMILES string of the molecule is CC(=O)OCOCCCCCCCOCOC(C)=O. The first kappa shape index (κ1) is 17.9. The van der Waals surface area contributed by atoms with Crippen molar-refractivity contribution in [2.75, 3.05) is 26.8 Å². The summed E-state index contributed by atoms with van der Waals surface area (Å²) in [6, 6.07) is 0. The highest BCUT2D eigenvalue weighted by Crippen LogP contribution is 2.03. The van der Waals surface area contributed by atoms with Gasteiger partial charge in [0.25, 0.3) is 0 Å². The zero-order chi connectivity index (χ0) is 14.3. The van der Waals surface area contributed by atoms with Gasteiger partial charge in [-0.15, -0.1) is 0 Å². The lowest BCUT2D eigenvalue weighted by Crippen LogP contribution is -2.05. The van der Waals surface area contributed by atoms with E-state index in [2.05, 4.69) is 9.47 Å². The summed E-state index contributed by atoms with van der Waals surface area (Å²) in [5, 5.41) is 0. The molecule has 19 heavy (non-hydrogen) atoms. The van der Waals surface area contributed by atoms with Gasteiger partial charge in [-0.05, 0) is 12.8 Å². The van der Waals surface area contributed by atoms with Gasteiger partial charge >= 0.3 is 11.9 Å². The largest absolute Gasteiger partial charge is 0.439 e. The maximum atomic E-state index is 10.4. The summed E-state index contributed by atoms with van der Waals surface area (Å²) in [6.07, 6.45) is 5.16. The first-order valence-electron chi connectivity index (χ1n) is 6.55. The van der Waals surface area contributed by atoms with Crippen molar-refractivity contribution in [2.24, 2.45) is 0 Å². The molecule has 0 radical (unpaired) electrons. The number of unbranched alkanes of at least 4 members (excludes halogenated alkanes) is 4. The molecule has 0 unspecified atom stereocenters. The Morgan fingerprint density at radius 1 is 0.684 bits per heavy atom. The van der Waals surface area contributed by atoms with Crippen molar-refractivity contribution >= 4 is 11.9 Å². The molecule has 0 aliphatic carbocycles. The molecule has 6 heteroatoms. The number of hydrogen-bond donors (Lipinski definition) is 0. The van der Waals surface area contributed by atoms with Crippen LogP contribution in [0.4, 0.5) is 0 Å². The lowest BCUT2D eigenvalue weighted by Gasteiger charge is -2.05. The highest BCUT2D eigenvalue weighted by atomic mass is 16.7.